The number of aromatic nitrogens is 4. The van der Waals surface area contributed by atoms with E-state index in [2.05, 4.69) is 429 Å². The van der Waals surface area contributed by atoms with Crippen molar-refractivity contribution in [2.45, 2.75) is 212 Å². The average Bonchev–Trinajstić information content (AvgIpc) is 0.721. The summed E-state index contributed by atoms with van der Waals surface area (Å²) in [6, 6.07) is 121. The van der Waals surface area contributed by atoms with Crippen molar-refractivity contribution in [2.24, 2.45) is 7.05 Å². The molecule has 7 aliphatic carbocycles. The minimum Gasteiger partial charge on any atom is -0.304 e. The summed E-state index contributed by atoms with van der Waals surface area (Å²) >= 11 is 0. The minimum absolute atomic E-state index is 0. The second kappa shape index (κ2) is 35.7. The average molecular weight is 2330 g/mol. The van der Waals surface area contributed by atoms with E-state index in [-0.39, 0.29) is 98.2 Å². The minimum atomic E-state index is -0.202. The third kappa shape index (κ3) is 15.6. The van der Waals surface area contributed by atoms with Crippen LogP contribution >= 0.6 is 0 Å². The van der Waals surface area contributed by atoms with Crippen LogP contribution in [0.5, 0.6) is 0 Å². The number of fused-ring (bicyclic) bond motifs is 15. The van der Waals surface area contributed by atoms with E-state index in [0.717, 1.165) is 28.2 Å². The Labute approximate surface area is 857 Å². The molecule has 3 aromatic heterocycles. The molecule has 0 saturated heterocycles. The van der Waals surface area contributed by atoms with Crippen LogP contribution in [0.2, 0.25) is 0 Å². The molecule has 15 aromatic carbocycles. The number of imidazole rings is 1. The van der Waals surface area contributed by atoms with Crippen molar-refractivity contribution in [3.05, 3.63) is 439 Å². The van der Waals surface area contributed by atoms with Gasteiger partial charge in [-0.1, -0.05) is 315 Å². The number of aryl methyl sites for hydroxylation is 7. The zero-order chi connectivity index (χ0) is 92.6. The Morgan fingerprint density at radius 1 is 0.254 bits per heavy atom. The molecular formula is C131H120Ir3N4-2. The standard InChI is InChI=1S/C46H42N.C43H38N.C42H40N2.3Ir/c1-44(2)37-14-10-9-13-34(37)35-18-15-30(25-40(35)44)31-16-19-38-41(26-31)46(5,6)42-27-33(17-20-39(42)45(38,3)4)43-36-24-29-12-8-7-11-28(29)23-32(36)21-22-47-43;1-42(2)37-20-19-33(41-36-24-31-18-12-11-17-30(31)23-32(36)21-22-44-41)25-38(37)43(3,4)40-27-35(29-15-9-6-10-16-29)34(26-39(40)42)28-13-7-5-8-14-28;1-41(2)35-21-20-32(44-27-43(5)39-22-30-18-12-13-19-31(30)23-40(39)44)24-36(35)42(3,4)38-26-34(29-16-10-7-11-17-29)33(25-37(38)41)28-14-8-6-9-15-28;;;/h9-10,13-16,18-27H,7-8,11-12H2,1-6H3;5-10,13-16,20-27H,11-12,17-18H2,1-4H3;6-11,14-17,21-27H,12-13,18-19H2,1-5H3;;;/q2*-1;;;;. The Morgan fingerprint density at radius 2 is 0.572 bits per heavy atom. The van der Waals surface area contributed by atoms with Crippen LogP contribution in [0.3, 0.4) is 0 Å². The molecule has 0 N–H and O–H groups in total. The molecule has 7 heteroatoms. The third-order valence-electron chi connectivity index (χ3n) is 33.1. The quantitative estimate of drug-likeness (QED) is 0.142. The SMILES string of the molecule is CC1(C)c2c[c-]c(-c3nccc4cc5c(cc34)CCCC5)cc2C(C)(C)c2cc(-c3ccccc3)c(-c3ccccc3)cc21.CC1(C)c2ccccc2-c2ccc(-c3ccc4c(c3)C(C)(C)c3cc(-c5nccc6cc7c(cc56)CCCC7)[c-]cc3C4(C)C)cc21.Cn1[cH+]n(-c2[c-]cc3c(c2)C(C)(C)c2cc(-c4ccccc4)c(-c4ccccc4)cc2C3(C)C)c2cc3c(cc21)CCCC3.[Ir].[Ir].[Ir]. The summed E-state index contributed by atoms with van der Waals surface area (Å²) in [5, 5.41) is 5.07. The van der Waals surface area contributed by atoms with Crippen molar-refractivity contribution in [1.82, 2.24) is 19.1 Å². The summed E-state index contributed by atoms with van der Waals surface area (Å²) in [6.45, 7) is 33.5. The van der Waals surface area contributed by atoms with E-state index >= 15 is 0 Å². The van der Waals surface area contributed by atoms with Crippen molar-refractivity contribution in [3.8, 4) is 95.0 Å². The summed E-state index contributed by atoms with van der Waals surface area (Å²) < 4.78 is 4.64. The van der Waals surface area contributed by atoms with Gasteiger partial charge in [0.15, 0.2) is 17.4 Å². The topological polar surface area (TPSA) is 35.6 Å². The molecule has 7 aliphatic rings. The van der Waals surface area contributed by atoms with Gasteiger partial charge in [0.25, 0.3) is 0 Å². The first-order valence-corrected chi connectivity index (χ1v) is 49.6. The maximum Gasteiger partial charge on any atom is 0.189 e. The monoisotopic (exact) mass is 2330 g/mol. The molecule has 0 spiro atoms. The number of rotatable bonds is 8. The molecule has 693 valence electrons. The van der Waals surface area contributed by atoms with Gasteiger partial charge in [-0.3, -0.25) is 0 Å². The molecule has 0 fully saturated rings. The summed E-state index contributed by atoms with van der Waals surface area (Å²) in [5.74, 6) is 0. The van der Waals surface area contributed by atoms with Gasteiger partial charge in [-0.15, -0.1) is 87.0 Å². The second-order valence-electron chi connectivity index (χ2n) is 43.6. The smallest absolute Gasteiger partial charge is 0.189 e. The largest absolute Gasteiger partial charge is 0.304 e. The van der Waals surface area contributed by atoms with E-state index < -0.39 is 0 Å². The van der Waals surface area contributed by atoms with Crippen LogP contribution in [0.25, 0.3) is 128 Å². The van der Waals surface area contributed by atoms with E-state index in [1.54, 1.807) is 0 Å². The van der Waals surface area contributed by atoms with Gasteiger partial charge < -0.3 is 9.97 Å². The zero-order valence-electron chi connectivity index (χ0n) is 82.2. The van der Waals surface area contributed by atoms with Gasteiger partial charge in [-0.05, 0) is 317 Å². The maximum absolute atomic E-state index is 4.98. The molecule has 0 unspecified atom stereocenters. The van der Waals surface area contributed by atoms with E-state index in [1.807, 2.05) is 12.4 Å². The fourth-order valence-corrected chi connectivity index (χ4v) is 25.2. The molecule has 0 bridgehead atoms. The molecule has 18 aromatic rings. The molecular weight excluding hydrogens is 2210 g/mol. The summed E-state index contributed by atoms with van der Waals surface area (Å²) in [4.78, 5) is 9.95. The Morgan fingerprint density at radius 3 is 1.00 bits per heavy atom. The van der Waals surface area contributed by atoms with Gasteiger partial charge in [0.05, 0.1) is 0 Å². The second-order valence-corrected chi connectivity index (χ2v) is 43.6. The first-order valence-electron chi connectivity index (χ1n) is 49.6. The molecule has 138 heavy (non-hydrogen) atoms. The Kier molecular flexibility index (Phi) is 24.4. The summed E-state index contributed by atoms with van der Waals surface area (Å²) in [5.41, 5.74) is 50.9. The number of nitrogens with zero attached hydrogens (tertiary/aromatic N) is 4. The van der Waals surface area contributed by atoms with Crippen LogP contribution in [0.1, 0.15) is 247 Å². The van der Waals surface area contributed by atoms with Crippen LogP contribution in [0.4, 0.5) is 0 Å². The summed E-state index contributed by atoms with van der Waals surface area (Å²) in [6.07, 6.45) is 21.0. The molecule has 0 amide bonds. The van der Waals surface area contributed by atoms with E-state index in [1.165, 1.54) is 288 Å². The van der Waals surface area contributed by atoms with Crippen LogP contribution in [-0.2, 0) is 144 Å². The molecule has 3 radical (unpaired) electrons. The van der Waals surface area contributed by atoms with Crippen molar-refractivity contribution >= 4 is 32.6 Å². The van der Waals surface area contributed by atoms with Crippen molar-refractivity contribution in [1.29, 1.82) is 0 Å². The fourth-order valence-electron chi connectivity index (χ4n) is 25.2. The van der Waals surface area contributed by atoms with Crippen LogP contribution < -0.4 is 0 Å². The van der Waals surface area contributed by atoms with Gasteiger partial charge in [0.2, 0.25) is 0 Å². The Hall–Kier alpha value is -11.5. The molecule has 3 heterocycles. The van der Waals surface area contributed by atoms with E-state index in [0.29, 0.717) is 0 Å². The Balaban J connectivity index is 0.000000126. The molecule has 4 nitrogen and oxygen atoms in total. The summed E-state index contributed by atoms with van der Waals surface area (Å²) in [7, 11) is 2.17. The van der Waals surface area contributed by atoms with Crippen molar-refractivity contribution in [3.63, 3.8) is 0 Å². The molecule has 0 saturated carbocycles. The third-order valence-corrected chi connectivity index (χ3v) is 33.1. The zero-order valence-corrected chi connectivity index (χ0v) is 89.4. The van der Waals surface area contributed by atoms with Crippen LogP contribution in [0, 0.1) is 18.2 Å². The predicted molar refractivity (Wildman–Crippen MR) is 564 cm³/mol. The fraction of sp³-hybridized carbons (Fsp3) is 0.260. The molecule has 25 rings (SSSR count). The van der Waals surface area contributed by atoms with Crippen molar-refractivity contribution in [2.75, 3.05) is 0 Å². The van der Waals surface area contributed by atoms with Crippen LogP contribution in [0.15, 0.2) is 310 Å². The van der Waals surface area contributed by atoms with Gasteiger partial charge >= 0.3 is 0 Å². The molecule has 0 aliphatic heterocycles. The first kappa shape index (κ1) is 94.1. The van der Waals surface area contributed by atoms with Crippen molar-refractivity contribution < 1.29 is 60.3 Å². The number of benzene rings is 15. The van der Waals surface area contributed by atoms with E-state index in [4.69, 9.17) is 9.97 Å². The molecule has 0 atom stereocenters. The number of hydrogen-bond donors (Lipinski definition) is 0. The Bertz CT molecular complexity index is 7880. The van der Waals surface area contributed by atoms with E-state index in [9.17, 15) is 0 Å². The normalized spacial score (nSPS) is 16.4. The first-order chi connectivity index (χ1) is 65.1. The van der Waals surface area contributed by atoms with Gasteiger partial charge in [-0.25, -0.2) is 9.13 Å². The van der Waals surface area contributed by atoms with Gasteiger partial charge in [0.1, 0.15) is 0 Å². The predicted octanol–water partition coefficient (Wildman–Crippen LogP) is 32.6. The van der Waals surface area contributed by atoms with Crippen LogP contribution in [-0.4, -0.2) is 19.1 Å². The number of hydrogen-bond acceptors (Lipinski definition) is 2. The van der Waals surface area contributed by atoms with Gasteiger partial charge in [0, 0.05) is 103 Å². The number of pyridine rings is 2. The maximum atomic E-state index is 4.98. The van der Waals surface area contributed by atoms with Gasteiger partial charge in [-0.2, -0.15) is 6.07 Å².